The normalized spacial score (nSPS) is 15.5. The Balaban J connectivity index is 1.66. The monoisotopic (exact) mass is 296 g/mol. The number of hydrogen-bond donors (Lipinski definition) is 1. The zero-order chi connectivity index (χ0) is 15.1. The standard InChI is InChI=1S/C16H22F2N2O/c17-16(18)14-6-4-13(5-7-14)12-19-9-8-15(21)20-10-2-1-3-11-20/h4-7,16,19H,1-3,8-12H2. The van der Waals surface area contributed by atoms with Gasteiger partial charge in [-0.05, 0) is 24.8 Å². The Morgan fingerprint density at radius 1 is 1.14 bits per heavy atom. The van der Waals surface area contributed by atoms with Crippen molar-refractivity contribution in [3.05, 3.63) is 35.4 Å². The number of amides is 1. The molecule has 0 unspecified atom stereocenters. The minimum atomic E-state index is -2.42. The summed E-state index contributed by atoms with van der Waals surface area (Å²) in [5, 5.41) is 3.19. The lowest BCUT2D eigenvalue weighted by atomic mass is 10.1. The van der Waals surface area contributed by atoms with Gasteiger partial charge in [-0.25, -0.2) is 8.78 Å². The fraction of sp³-hybridized carbons (Fsp3) is 0.562. The van der Waals surface area contributed by atoms with E-state index in [0.717, 1.165) is 31.5 Å². The third-order valence-corrected chi connectivity index (χ3v) is 3.79. The van der Waals surface area contributed by atoms with E-state index in [1.165, 1.54) is 18.6 Å². The number of carbonyl (C=O) groups is 1. The van der Waals surface area contributed by atoms with Crippen LogP contribution in [0.5, 0.6) is 0 Å². The maximum absolute atomic E-state index is 12.4. The molecule has 0 saturated carbocycles. The highest BCUT2D eigenvalue weighted by Crippen LogP contribution is 2.18. The molecule has 0 bridgehead atoms. The fourth-order valence-electron chi connectivity index (χ4n) is 2.51. The van der Waals surface area contributed by atoms with Crippen molar-refractivity contribution in [2.75, 3.05) is 19.6 Å². The number of benzene rings is 1. The Hall–Kier alpha value is -1.49. The highest BCUT2D eigenvalue weighted by molar-refractivity contribution is 5.76. The average molecular weight is 296 g/mol. The van der Waals surface area contributed by atoms with E-state index in [2.05, 4.69) is 5.32 Å². The minimum Gasteiger partial charge on any atom is -0.343 e. The first-order valence-electron chi connectivity index (χ1n) is 7.52. The summed E-state index contributed by atoms with van der Waals surface area (Å²) in [6, 6.07) is 6.28. The second-order valence-corrected chi connectivity index (χ2v) is 5.41. The van der Waals surface area contributed by atoms with Gasteiger partial charge in [0.2, 0.25) is 5.91 Å². The summed E-state index contributed by atoms with van der Waals surface area (Å²) in [7, 11) is 0. The molecule has 1 aromatic carbocycles. The highest BCUT2D eigenvalue weighted by atomic mass is 19.3. The Kier molecular flexibility index (Phi) is 6.11. The van der Waals surface area contributed by atoms with E-state index >= 15 is 0 Å². The van der Waals surface area contributed by atoms with E-state index in [-0.39, 0.29) is 11.5 Å². The van der Waals surface area contributed by atoms with Gasteiger partial charge < -0.3 is 10.2 Å². The number of nitrogens with zero attached hydrogens (tertiary/aromatic N) is 1. The lowest BCUT2D eigenvalue weighted by Crippen LogP contribution is -2.37. The van der Waals surface area contributed by atoms with Crippen LogP contribution in [0.2, 0.25) is 0 Å². The van der Waals surface area contributed by atoms with E-state index in [4.69, 9.17) is 0 Å². The van der Waals surface area contributed by atoms with Crippen molar-refractivity contribution < 1.29 is 13.6 Å². The largest absolute Gasteiger partial charge is 0.343 e. The van der Waals surface area contributed by atoms with E-state index in [1.807, 2.05) is 4.90 Å². The molecule has 21 heavy (non-hydrogen) atoms. The summed E-state index contributed by atoms with van der Waals surface area (Å²) < 4.78 is 24.8. The lowest BCUT2D eigenvalue weighted by Gasteiger charge is -2.26. The third kappa shape index (κ3) is 5.08. The Bertz CT molecular complexity index is 442. The first-order valence-corrected chi connectivity index (χ1v) is 7.52. The van der Waals surface area contributed by atoms with Crippen LogP contribution in [0, 0.1) is 0 Å². The van der Waals surface area contributed by atoms with Crippen LogP contribution < -0.4 is 5.32 Å². The lowest BCUT2D eigenvalue weighted by molar-refractivity contribution is -0.131. The summed E-state index contributed by atoms with van der Waals surface area (Å²) in [6.07, 6.45) is 1.51. The van der Waals surface area contributed by atoms with Crippen LogP contribution in [-0.4, -0.2) is 30.4 Å². The first-order chi connectivity index (χ1) is 10.2. The van der Waals surface area contributed by atoms with Gasteiger partial charge in [0.15, 0.2) is 0 Å². The second-order valence-electron chi connectivity index (χ2n) is 5.41. The zero-order valence-electron chi connectivity index (χ0n) is 12.2. The third-order valence-electron chi connectivity index (χ3n) is 3.79. The van der Waals surface area contributed by atoms with Crippen molar-refractivity contribution in [1.29, 1.82) is 0 Å². The van der Waals surface area contributed by atoms with Crippen LogP contribution in [0.1, 0.15) is 43.2 Å². The van der Waals surface area contributed by atoms with E-state index < -0.39 is 6.43 Å². The van der Waals surface area contributed by atoms with Crippen LogP contribution in [0.25, 0.3) is 0 Å². The SMILES string of the molecule is O=C(CCNCc1ccc(C(F)F)cc1)N1CCCCC1. The van der Waals surface area contributed by atoms with Crippen LogP contribution in [-0.2, 0) is 11.3 Å². The summed E-state index contributed by atoms with van der Waals surface area (Å²) in [4.78, 5) is 13.9. The Morgan fingerprint density at radius 3 is 2.43 bits per heavy atom. The molecule has 1 amide bonds. The number of nitrogens with one attached hydrogen (secondary N) is 1. The van der Waals surface area contributed by atoms with Crippen LogP contribution >= 0.6 is 0 Å². The molecule has 0 aliphatic carbocycles. The molecular formula is C16H22F2N2O. The maximum Gasteiger partial charge on any atom is 0.263 e. The predicted molar refractivity (Wildman–Crippen MR) is 78.2 cm³/mol. The number of likely N-dealkylation sites (tertiary alicyclic amines) is 1. The first kappa shape index (κ1) is 15.9. The molecule has 0 aromatic heterocycles. The van der Waals surface area contributed by atoms with E-state index in [0.29, 0.717) is 19.5 Å². The molecule has 1 heterocycles. The van der Waals surface area contributed by atoms with Gasteiger partial charge in [-0.1, -0.05) is 24.3 Å². The van der Waals surface area contributed by atoms with Gasteiger partial charge in [-0.3, -0.25) is 4.79 Å². The van der Waals surface area contributed by atoms with Crippen molar-refractivity contribution in [2.45, 2.75) is 38.7 Å². The molecule has 0 radical (unpaired) electrons. The topological polar surface area (TPSA) is 32.3 Å². The van der Waals surface area contributed by atoms with Gasteiger partial charge in [0.05, 0.1) is 0 Å². The fourth-order valence-corrected chi connectivity index (χ4v) is 2.51. The molecular weight excluding hydrogens is 274 g/mol. The molecule has 1 aliphatic rings. The van der Waals surface area contributed by atoms with Crippen molar-refractivity contribution in [2.24, 2.45) is 0 Å². The highest BCUT2D eigenvalue weighted by Gasteiger charge is 2.15. The zero-order valence-corrected chi connectivity index (χ0v) is 12.2. The quantitative estimate of drug-likeness (QED) is 0.818. The smallest absolute Gasteiger partial charge is 0.263 e. The van der Waals surface area contributed by atoms with Crippen molar-refractivity contribution in [3.8, 4) is 0 Å². The van der Waals surface area contributed by atoms with E-state index in [1.54, 1.807) is 12.1 Å². The predicted octanol–water partition coefficient (Wildman–Crippen LogP) is 3.12. The molecule has 0 spiro atoms. The molecule has 1 fully saturated rings. The number of piperidine rings is 1. The molecule has 2 rings (SSSR count). The van der Waals surface area contributed by atoms with Crippen molar-refractivity contribution >= 4 is 5.91 Å². The van der Waals surface area contributed by atoms with Gasteiger partial charge in [-0.15, -0.1) is 0 Å². The number of carbonyl (C=O) groups excluding carboxylic acids is 1. The maximum atomic E-state index is 12.4. The number of hydrogen-bond acceptors (Lipinski definition) is 2. The molecule has 3 nitrogen and oxygen atoms in total. The van der Waals surface area contributed by atoms with Crippen LogP contribution in [0.15, 0.2) is 24.3 Å². The average Bonchev–Trinajstić information content (AvgIpc) is 2.52. The minimum absolute atomic E-state index is 0.0408. The van der Waals surface area contributed by atoms with E-state index in [9.17, 15) is 13.6 Å². The Morgan fingerprint density at radius 2 is 1.81 bits per heavy atom. The molecule has 1 N–H and O–H groups in total. The summed E-state index contributed by atoms with van der Waals surface area (Å²) in [5.41, 5.74) is 0.990. The molecule has 1 saturated heterocycles. The van der Waals surface area contributed by atoms with Gasteiger partial charge in [-0.2, -0.15) is 0 Å². The number of alkyl halides is 2. The number of halogens is 2. The summed E-state index contributed by atoms with van der Waals surface area (Å²) in [5.74, 6) is 0.204. The Labute approximate surface area is 124 Å². The van der Waals surface area contributed by atoms with Crippen LogP contribution in [0.4, 0.5) is 8.78 Å². The molecule has 5 heteroatoms. The molecule has 116 valence electrons. The molecule has 0 atom stereocenters. The van der Waals surface area contributed by atoms with Gasteiger partial charge >= 0.3 is 0 Å². The van der Waals surface area contributed by atoms with Crippen molar-refractivity contribution in [1.82, 2.24) is 10.2 Å². The van der Waals surface area contributed by atoms with Crippen LogP contribution in [0.3, 0.4) is 0 Å². The van der Waals surface area contributed by atoms with Gasteiger partial charge in [0.1, 0.15) is 0 Å². The molecule has 1 aliphatic heterocycles. The van der Waals surface area contributed by atoms with Gasteiger partial charge in [0.25, 0.3) is 6.43 Å². The second kappa shape index (κ2) is 8.08. The van der Waals surface area contributed by atoms with Crippen molar-refractivity contribution in [3.63, 3.8) is 0 Å². The molecule has 1 aromatic rings. The number of rotatable bonds is 6. The van der Waals surface area contributed by atoms with Gasteiger partial charge in [0, 0.05) is 38.2 Å². The summed E-state index contributed by atoms with van der Waals surface area (Å²) >= 11 is 0. The summed E-state index contributed by atoms with van der Waals surface area (Å²) in [6.45, 7) is 2.98.